The average Bonchev–Trinajstić information content (AvgIpc) is 2.53. The Morgan fingerprint density at radius 3 is 2.40 bits per heavy atom. The van der Waals surface area contributed by atoms with Gasteiger partial charge in [-0.1, -0.05) is 44.2 Å². The second-order valence-electron chi connectivity index (χ2n) is 7.64. The summed E-state index contributed by atoms with van der Waals surface area (Å²) in [4.78, 5) is 21.5. The first-order valence-corrected chi connectivity index (χ1v) is 8.75. The highest BCUT2D eigenvalue weighted by Gasteiger charge is 2.16. The maximum Gasteiger partial charge on any atom is 0.270 e. The van der Waals surface area contributed by atoms with Gasteiger partial charge in [0.1, 0.15) is 11.5 Å². The van der Waals surface area contributed by atoms with Crippen LogP contribution in [0.5, 0.6) is 0 Å². The van der Waals surface area contributed by atoms with Crippen LogP contribution in [0.2, 0.25) is 0 Å². The van der Waals surface area contributed by atoms with Gasteiger partial charge in [-0.2, -0.15) is 0 Å². The van der Waals surface area contributed by atoms with Gasteiger partial charge in [0.2, 0.25) is 0 Å². The first-order chi connectivity index (χ1) is 11.7. The predicted octanol–water partition coefficient (Wildman–Crippen LogP) is 4.13. The van der Waals surface area contributed by atoms with Crippen LogP contribution in [-0.4, -0.2) is 28.0 Å². The quantitative estimate of drug-likeness (QED) is 0.830. The first-order valence-electron chi connectivity index (χ1n) is 8.75. The molecule has 0 spiro atoms. The first kappa shape index (κ1) is 18.9. The summed E-state index contributed by atoms with van der Waals surface area (Å²) in [5.74, 6) is 1.57. The Labute approximate surface area is 150 Å². The second-order valence-corrected chi connectivity index (χ2v) is 7.64. The third-order valence-corrected chi connectivity index (χ3v) is 3.50. The molecule has 2 rings (SSSR count). The topological polar surface area (TPSA) is 66.9 Å². The Morgan fingerprint density at radius 2 is 1.80 bits per heavy atom. The van der Waals surface area contributed by atoms with Crippen LogP contribution >= 0.6 is 0 Å². The summed E-state index contributed by atoms with van der Waals surface area (Å²) in [6.07, 6.45) is 0.940. The monoisotopic (exact) mass is 340 g/mol. The van der Waals surface area contributed by atoms with Gasteiger partial charge in [0.05, 0.1) is 0 Å². The molecule has 134 valence electrons. The van der Waals surface area contributed by atoms with E-state index in [1.54, 1.807) is 6.07 Å². The van der Waals surface area contributed by atoms with Gasteiger partial charge >= 0.3 is 0 Å². The lowest BCUT2D eigenvalue weighted by Crippen LogP contribution is -2.29. The fourth-order valence-electron chi connectivity index (χ4n) is 2.29. The van der Waals surface area contributed by atoms with Crippen molar-refractivity contribution in [2.75, 3.05) is 11.9 Å². The van der Waals surface area contributed by atoms with Gasteiger partial charge < -0.3 is 10.6 Å². The van der Waals surface area contributed by atoms with Crippen molar-refractivity contribution in [1.82, 2.24) is 15.3 Å². The van der Waals surface area contributed by atoms with Crippen molar-refractivity contribution in [3.05, 3.63) is 42.1 Å². The van der Waals surface area contributed by atoms with E-state index in [-0.39, 0.29) is 11.4 Å². The standard InChI is InChI=1S/C20H28N4O/c1-14(2)11-12-21-19(25)16-13-17(24-20(3,4)5)23-18(22-16)15-9-7-6-8-10-15/h6-10,13-14H,11-12H2,1-5H3,(H,21,25)(H,22,23,24). The zero-order valence-corrected chi connectivity index (χ0v) is 15.8. The molecule has 0 aliphatic carbocycles. The molecule has 0 aliphatic heterocycles. The number of hydrogen-bond donors (Lipinski definition) is 2. The fraction of sp³-hybridized carbons (Fsp3) is 0.450. The molecule has 0 aliphatic rings. The van der Waals surface area contributed by atoms with Crippen LogP contribution in [0.4, 0.5) is 5.82 Å². The Hall–Kier alpha value is -2.43. The van der Waals surface area contributed by atoms with Crippen molar-refractivity contribution in [3.63, 3.8) is 0 Å². The smallest absolute Gasteiger partial charge is 0.270 e. The highest BCUT2D eigenvalue weighted by molar-refractivity contribution is 5.93. The minimum Gasteiger partial charge on any atom is -0.365 e. The molecule has 25 heavy (non-hydrogen) atoms. The molecule has 0 bridgehead atoms. The molecule has 0 unspecified atom stereocenters. The molecule has 1 aromatic heterocycles. The van der Waals surface area contributed by atoms with Crippen molar-refractivity contribution in [3.8, 4) is 11.4 Å². The summed E-state index contributed by atoms with van der Waals surface area (Å²) in [6, 6.07) is 11.4. The Morgan fingerprint density at radius 1 is 1.12 bits per heavy atom. The summed E-state index contributed by atoms with van der Waals surface area (Å²) < 4.78 is 0. The van der Waals surface area contributed by atoms with E-state index in [0.717, 1.165) is 12.0 Å². The van der Waals surface area contributed by atoms with E-state index >= 15 is 0 Å². The molecule has 2 N–H and O–H groups in total. The Bertz CT molecular complexity index is 705. The number of carbonyl (C=O) groups is 1. The van der Waals surface area contributed by atoms with Crippen LogP contribution in [0.25, 0.3) is 11.4 Å². The third kappa shape index (κ3) is 6.18. The van der Waals surface area contributed by atoms with Gasteiger partial charge in [0, 0.05) is 23.7 Å². The van der Waals surface area contributed by atoms with Crippen molar-refractivity contribution in [2.24, 2.45) is 5.92 Å². The zero-order valence-electron chi connectivity index (χ0n) is 15.8. The van der Waals surface area contributed by atoms with Crippen LogP contribution in [0.15, 0.2) is 36.4 Å². The van der Waals surface area contributed by atoms with Gasteiger partial charge in [0.15, 0.2) is 5.82 Å². The van der Waals surface area contributed by atoms with E-state index < -0.39 is 0 Å². The highest BCUT2D eigenvalue weighted by Crippen LogP contribution is 2.20. The highest BCUT2D eigenvalue weighted by atomic mass is 16.1. The SMILES string of the molecule is CC(C)CCNC(=O)c1cc(NC(C)(C)C)nc(-c2ccccc2)n1. The zero-order chi connectivity index (χ0) is 18.4. The molecule has 5 nitrogen and oxygen atoms in total. The number of anilines is 1. The summed E-state index contributed by atoms with van der Waals surface area (Å²) in [5, 5.41) is 6.27. The number of nitrogens with zero attached hydrogens (tertiary/aromatic N) is 2. The lowest BCUT2D eigenvalue weighted by molar-refractivity contribution is 0.0947. The fourth-order valence-corrected chi connectivity index (χ4v) is 2.29. The van der Waals surface area contributed by atoms with Crippen LogP contribution in [0.3, 0.4) is 0 Å². The van der Waals surface area contributed by atoms with Crippen LogP contribution in [0, 0.1) is 5.92 Å². The maximum atomic E-state index is 12.5. The van der Waals surface area contributed by atoms with Gasteiger partial charge in [-0.25, -0.2) is 9.97 Å². The van der Waals surface area contributed by atoms with Crippen LogP contribution in [0.1, 0.15) is 51.5 Å². The number of amides is 1. The molecule has 0 saturated heterocycles. The van der Waals surface area contributed by atoms with Gasteiger partial charge in [-0.3, -0.25) is 4.79 Å². The third-order valence-electron chi connectivity index (χ3n) is 3.50. The Kier molecular flexibility index (Phi) is 6.12. The molecule has 0 saturated carbocycles. The normalized spacial score (nSPS) is 11.4. The van der Waals surface area contributed by atoms with Crippen molar-refractivity contribution < 1.29 is 4.79 Å². The van der Waals surface area contributed by atoms with Gasteiger partial charge in [-0.15, -0.1) is 0 Å². The van der Waals surface area contributed by atoms with Crippen LogP contribution < -0.4 is 10.6 Å². The average molecular weight is 340 g/mol. The van der Waals surface area contributed by atoms with E-state index in [4.69, 9.17) is 0 Å². The number of carbonyl (C=O) groups excluding carboxylic acids is 1. The van der Waals surface area contributed by atoms with Gasteiger partial charge in [0.25, 0.3) is 5.91 Å². The summed E-state index contributed by atoms with van der Waals surface area (Å²) >= 11 is 0. The molecular weight excluding hydrogens is 312 g/mol. The number of nitrogens with one attached hydrogen (secondary N) is 2. The second kappa shape index (κ2) is 8.10. The molecule has 2 aromatic rings. The largest absolute Gasteiger partial charge is 0.365 e. The van der Waals surface area contributed by atoms with E-state index in [1.165, 1.54) is 0 Å². The lowest BCUT2D eigenvalue weighted by atomic mass is 10.1. The summed E-state index contributed by atoms with van der Waals surface area (Å²) in [6.45, 7) is 11.1. The molecule has 5 heteroatoms. The molecule has 0 atom stereocenters. The number of hydrogen-bond acceptors (Lipinski definition) is 4. The van der Waals surface area contributed by atoms with Gasteiger partial charge in [-0.05, 0) is 33.1 Å². The maximum absolute atomic E-state index is 12.5. The number of rotatable bonds is 6. The van der Waals surface area contributed by atoms with Crippen molar-refractivity contribution in [1.29, 1.82) is 0 Å². The summed E-state index contributed by atoms with van der Waals surface area (Å²) in [5.41, 5.74) is 1.11. The molecule has 1 aromatic carbocycles. The predicted molar refractivity (Wildman–Crippen MR) is 103 cm³/mol. The van der Waals surface area contributed by atoms with Crippen molar-refractivity contribution >= 4 is 11.7 Å². The minimum atomic E-state index is -0.169. The molecule has 0 radical (unpaired) electrons. The summed E-state index contributed by atoms with van der Waals surface area (Å²) in [7, 11) is 0. The molecular formula is C20H28N4O. The molecule has 1 heterocycles. The molecule has 0 fully saturated rings. The lowest BCUT2D eigenvalue weighted by Gasteiger charge is -2.22. The number of aromatic nitrogens is 2. The minimum absolute atomic E-state index is 0.159. The van der Waals surface area contributed by atoms with E-state index in [2.05, 4.69) is 55.2 Å². The Balaban J connectivity index is 2.31. The van der Waals surface area contributed by atoms with Crippen molar-refractivity contribution in [2.45, 2.75) is 46.6 Å². The van der Waals surface area contributed by atoms with E-state index in [9.17, 15) is 4.79 Å². The van der Waals surface area contributed by atoms with E-state index in [0.29, 0.717) is 29.8 Å². The van der Waals surface area contributed by atoms with E-state index in [1.807, 2.05) is 30.3 Å². The van der Waals surface area contributed by atoms with Crippen LogP contribution in [-0.2, 0) is 0 Å². The molecule has 1 amide bonds. The number of benzene rings is 1.